The first-order valence-corrected chi connectivity index (χ1v) is 7.42. The summed E-state index contributed by atoms with van der Waals surface area (Å²) in [4.78, 5) is 0.242. The van der Waals surface area contributed by atoms with Crippen LogP contribution in [-0.2, 0) is 0 Å². The number of fused-ring (bicyclic) bond motifs is 5. The van der Waals surface area contributed by atoms with Gasteiger partial charge in [0, 0.05) is 11.6 Å². The lowest BCUT2D eigenvalue weighted by Crippen LogP contribution is -2.15. The molecule has 4 heteroatoms. The standard InChI is InChI=1S/C15H17FN2S/c16-10-6-9(15(17)19)3-4-11(10)18-14-12-7-1-2-8(5-7)13(12)14/h3-4,6-8,12-14,18H,1-2,5H2,(H2,17,19). The van der Waals surface area contributed by atoms with Gasteiger partial charge in [0.1, 0.15) is 10.8 Å². The Balaban J connectivity index is 1.51. The summed E-state index contributed by atoms with van der Waals surface area (Å²) in [6.45, 7) is 0. The molecule has 0 aromatic heterocycles. The van der Waals surface area contributed by atoms with Gasteiger partial charge in [0.15, 0.2) is 0 Å². The minimum atomic E-state index is -0.248. The summed E-state index contributed by atoms with van der Waals surface area (Å²) in [5, 5.41) is 3.39. The number of nitrogens with two attached hydrogens (primary N) is 1. The summed E-state index contributed by atoms with van der Waals surface area (Å²) >= 11 is 4.86. The third kappa shape index (κ3) is 1.69. The first-order valence-electron chi connectivity index (χ1n) is 7.01. The van der Waals surface area contributed by atoms with Crippen LogP contribution in [0.25, 0.3) is 0 Å². The normalized spacial score (nSPS) is 38.1. The molecule has 4 rings (SSSR count). The molecule has 0 aliphatic heterocycles. The quantitative estimate of drug-likeness (QED) is 0.834. The van der Waals surface area contributed by atoms with Gasteiger partial charge < -0.3 is 11.1 Å². The lowest BCUT2D eigenvalue weighted by molar-refractivity contribution is 0.456. The Labute approximate surface area is 117 Å². The molecule has 3 N–H and O–H groups in total. The van der Waals surface area contributed by atoms with Crippen LogP contribution in [0.2, 0.25) is 0 Å². The van der Waals surface area contributed by atoms with Crippen molar-refractivity contribution in [2.24, 2.45) is 29.4 Å². The number of halogens is 1. The third-order valence-electron chi connectivity index (χ3n) is 5.31. The summed E-state index contributed by atoms with van der Waals surface area (Å²) in [6.07, 6.45) is 4.18. The zero-order valence-electron chi connectivity index (χ0n) is 10.6. The number of thiocarbonyl (C=S) groups is 1. The number of benzene rings is 1. The molecule has 0 saturated heterocycles. The Kier molecular flexibility index (Phi) is 2.40. The molecule has 3 saturated carbocycles. The average Bonchev–Trinajstić information content (AvgIpc) is 2.79. The first kappa shape index (κ1) is 11.6. The summed E-state index contributed by atoms with van der Waals surface area (Å²) in [5.41, 5.74) is 6.70. The molecule has 0 amide bonds. The number of nitrogens with one attached hydrogen (secondary N) is 1. The summed E-state index contributed by atoms with van der Waals surface area (Å²) < 4.78 is 14.0. The second kappa shape index (κ2) is 3.92. The molecule has 3 aliphatic rings. The van der Waals surface area contributed by atoms with E-state index in [2.05, 4.69) is 5.32 Å². The summed E-state index contributed by atoms with van der Waals surface area (Å²) in [6, 6.07) is 5.48. The molecule has 1 aromatic carbocycles. The van der Waals surface area contributed by atoms with E-state index in [1.165, 1.54) is 25.3 Å². The molecule has 4 atom stereocenters. The highest BCUT2D eigenvalue weighted by Crippen LogP contribution is 2.66. The minimum absolute atomic E-state index is 0.242. The van der Waals surface area contributed by atoms with E-state index in [4.69, 9.17) is 18.0 Å². The van der Waals surface area contributed by atoms with E-state index in [0.717, 1.165) is 23.7 Å². The Hall–Kier alpha value is -1.16. The smallest absolute Gasteiger partial charge is 0.146 e. The molecule has 3 aliphatic carbocycles. The lowest BCUT2D eigenvalue weighted by Gasteiger charge is -2.13. The maximum atomic E-state index is 14.0. The van der Waals surface area contributed by atoms with Crippen LogP contribution in [0, 0.1) is 29.5 Å². The fourth-order valence-electron chi connectivity index (χ4n) is 4.48. The van der Waals surface area contributed by atoms with Gasteiger partial charge in [0.05, 0.1) is 5.69 Å². The van der Waals surface area contributed by atoms with Crippen LogP contribution in [0.5, 0.6) is 0 Å². The van der Waals surface area contributed by atoms with E-state index in [1.807, 2.05) is 0 Å². The Morgan fingerprint density at radius 1 is 1.26 bits per heavy atom. The average molecular weight is 276 g/mol. The van der Waals surface area contributed by atoms with Crippen molar-refractivity contribution in [3.05, 3.63) is 29.6 Å². The SMILES string of the molecule is NC(=S)c1ccc(NC2C3C4CCC(C4)C23)c(F)c1. The predicted octanol–water partition coefficient (Wildman–Crippen LogP) is 2.92. The molecule has 3 fully saturated rings. The zero-order valence-corrected chi connectivity index (χ0v) is 11.4. The van der Waals surface area contributed by atoms with Gasteiger partial charge in [-0.1, -0.05) is 12.2 Å². The molecule has 2 nitrogen and oxygen atoms in total. The molecular weight excluding hydrogens is 259 g/mol. The van der Waals surface area contributed by atoms with E-state index in [1.54, 1.807) is 12.1 Å². The summed E-state index contributed by atoms with van der Waals surface area (Å²) in [5.74, 6) is 3.14. The maximum Gasteiger partial charge on any atom is 0.146 e. The molecule has 100 valence electrons. The van der Waals surface area contributed by atoms with Crippen LogP contribution >= 0.6 is 12.2 Å². The topological polar surface area (TPSA) is 38.0 Å². The van der Waals surface area contributed by atoms with E-state index in [-0.39, 0.29) is 10.8 Å². The van der Waals surface area contributed by atoms with Crippen molar-refractivity contribution in [2.75, 3.05) is 5.32 Å². The van der Waals surface area contributed by atoms with Crippen LogP contribution in [-0.4, -0.2) is 11.0 Å². The van der Waals surface area contributed by atoms with Crippen molar-refractivity contribution in [3.8, 4) is 0 Å². The molecule has 0 spiro atoms. The van der Waals surface area contributed by atoms with Gasteiger partial charge in [-0.3, -0.25) is 0 Å². The molecule has 1 aromatic rings. The summed E-state index contributed by atoms with van der Waals surface area (Å²) in [7, 11) is 0. The van der Waals surface area contributed by atoms with Crippen molar-refractivity contribution in [1.29, 1.82) is 0 Å². The molecular formula is C15H17FN2S. The highest BCUT2D eigenvalue weighted by Gasteiger charge is 2.65. The van der Waals surface area contributed by atoms with E-state index in [0.29, 0.717) is 17.3 Å². The van der Waals surface area contributed by atoms with Crippen LogP contribution in [0.15, 0.2) is 18.2 Å². The molecule has 0 radical (unpaired) electrons. The van der Waals surface area contributed by atoms with Crippen LogP contribution < -0.4 is 11.1 Å². The predicted molar refractivity (Wildman–Crippen MR) is 77.5 cm³/mol. The van der Waals surface area contributed by atoms with Gasteiger partial charge in [0.2, 0.25) is 0 Å². The van der Waals surface area contributed by atoms with Crippen molar-refractivity contribution in [1.82, 2.24) is 0 Å². The van der Waals surface area contributed by atoms with E-state index >= 15 is 0 Å². The van der Waals surface area contributed by atoms with Crippen molar-refractivity contribution in [3.63, 3.8) is 0 Å². The number of rotatable bonds is 3. The first-order chi connectivity index (χ1) is 9.15. The number of anilines is 1. The van der Waals surface area contributed by atoms with Crippen LogP contribution in [0.1, 0.15) is 24.8 Å². The van der Waals surface area contributed by atoms with Gasteiger partial charge in [-0.05, 0) is 61.1 Å². The maximum absolute atomic E-state index is 14.0. The highest BCUT2D eigenvalue weighted by molar-refractivity contribution is 7.80. The second-order valence-electron chi connectivity index (χ2n) is 6.22. The van der Waals surface area contributed by atoms with E-state index < -0.39 is 0 Å². The Morgan fingerprint density at radius 3 is 2.53 bits per heavy atom. The van der Waals surface area contributed by atoms with E-state index in [9.17, 15) is 4.39 Å². The third-order valence-corrected chi connectivity index (χ3v) is 5.55. The second-order valence-corrected chi connectivity index (χ2v) is 6.66. The molecule has 19 heavy (non-hydrogen) atoms. The largest absolute Gasteiger partial charge is 0.389 e. The van der Waals surface area contributed by atoms with Gasteiger partial charge in [-0.15, -0.1) is 0 Å². The fourth-order valence-corrected chi connectivity index (χ4v) is 4.61. The minimum Gasteiger partial charge on any atom is -0.389 e. The Morgan fingerprint density at radius 2 is 1.95 bits per heavy atom. The highest BCUT2D eigenvalue weighted by atomic mass is 32.1. The monoisotopic (exact) mass is 276 g/mol. The Bertz CT molecular complexity index is 543. The van der Waals surface area contributed by atoms with Crippen molar-refractivity contribution in [2.45, 2.75) is 25.3 Å². The fraction of sp³-hybridized carbons (Fsp3) is 0.533. The molecule has 4 unspecified atom stereocenters. The number of hydrogen-bond acceptors (Lipinski definition) is 2. The lowest BCUT2D eigenvalue weighted by atomic mass is 10.0. The number of hydrogen-bond donors (Lipinski definition) is 2. The van der Waals surface area contributed by atoms with Crippen molar-refractivity contribution < 1.29 is 4.39 Å². The molecule has 0 heterocycles. The zero-order chi connectivity index (χ0) is 13.1. The van der Waals surface area contributed by atoms with Gasteiger partial charge in [-0.25, -0.2) is 4.39 Å². The van der Waals surface area contributed by atoms with Gasteiger partial charge in [0.25, 0.3) is 0 Å². The van der Waals surface area contributed by atoms with Crippen LogP contribution in [0.4, 0.5) is 10.1 Å². The van der Waals surface area contributed by atoms with Crippen LogP contribution in [0.3, 0.4) is 0 Å². The van der Waals surface area contributed by atoms with Gasteiger partial charge >= 0.3 is 0 Å². The molecule has 2 bridgehead atoms. The van der Waals surface area contributed by atoms with Gasteiger partial charge in [-0.2, -0.15) is 0 Å². The van der Waals surface area contributed by atoms with Crippen molar-refractivity contribution >= 4 is 22.9 Å².